The van der Waals surface area contributed by atoms with Gasteiger partial charge in [0.15, 0.2) is 6.10 Å². The van der Waals surface area contributed by atoms with Gasteiger partial charge in [-0.25, -0.2) is 0 Å². The quantitative estimate of drug-likeness (QED) is 0.0261. The van der Waals surface area contributed by atoms with Crippen LogP contribution in [0, 0.1) is 0 Å². The summed E-state index contributed by atoms with van der Waals surface area (Å²) >= 11 is 0. The van der Waals surface area contributed by atoms with Crippen LogP contribution in [0.3, 0.4) is 0 Å². The molecular formula is C74H136O6. The Labute approximate surface area is 498 Å². The highest BCUT2D eigenvalue weighted by atomic mass is 16.6. The van der Waals surface area contributed by atoms with Gasteiger partial charge in [-0.2, -0.15) is 0 Å². The van der Waals surface area contributed by atoms with Crippen LogP contribution in [0.4, 0.5) is 0 Å². The first kappa shape index (κ1) is 77.4. The number of carbonyl (C=O) groups is 3. The molecule has 0 spiro atoms. The molecule has 80 heavy (non-hydrogen) atoms. The van der Waals surface area contributed by atoms with Crippen molar-refractivity contribution in [1.29, 1.82) is 0 Å². The van der Waals surface area contributed by atoms with Gasteiger partial charge in [-0.3, -0.25) is 14.4 Å². The Hall–Kier alpha value is -2.63. The van der Waals surface area contributed by atoms with E-state index in [0.29, 0.717) is 19.3 Å². The molecule has 0 fully saturated rings. The van der Waals surface area contributed by atoms with Crippen molar-refractivity contribution >= 4 is 17.9 Å². The van der Waals surface area contributed by atoms with E-state index in [9.17, 15) is 14.4 Å². The number of carbonyl (C=O) groups excluding carboxylic acids is 3. The minimum Gasteiger partial charge on any atom is -0.462 e. The van der Waals surface area contributed by atoms with Gasteiger partial charge in [-0.05, 0) is 96.3 Å². The Kier molecular flexibility index (Phi) is 66.6. The SMILES string of the molecule is CCC/C=C\CCCCCCCC(=O)OCC(COC(=O)CCCCCCCCCCCCCCCCC/C=C\CCCCCCCCCC)OC(=O)CCCCCCCCCCCCCCC/C=C\C/C=C\CCCCCCC. The largest absolute Gasteiger partial charge is 0.462 e. The average molecular weight is 1120 g/mol. The van der Waals surface area contributed by atoms with Crippen LogP contribution >= 0.6 is 0 Å². The fraction of sp³-hybridized carbons (Fsp3) is 0.851. The lowest BCUT2D eigenvalue weighted by Crippen LogP contribution is -2.30. The second-order valence-electron chi connectivity index (χ2n) is 24.1. The van der Waals surface area contributed by atoms with Crippen molar-refractivity contribution in [3.63, 3.8) is 0 Å². The Morgan fingerprint density at radius 3 is 0.750 bits per heavy atom. The molecule has 468 valence electrons. The lowest BCUT2D eigenvalue weighted by molar-refractivity contribution is -0.167. The number of ether oxygens (including phenoxy) is 3. The van der Waals surface area contributed by atoms with Crippen LogP contribution in [0.2, 0.25) is 0 Å². The summed E-state index contributed by atoms with van der Waals surface area (Å²) in [6.45, 7) is 6.62. The van der Waals surface area contributed by atoms with Gasteiger partial charge in [0.2, 0.25) is 0 Å². The van der Waals surface area contributed by atoms with Crippen molar-refractivity contribution in [1.82, 2.24) is 0 Å². The monoisotopic (exact) mass is 1120 g/mol. The van der Waals surface area contributed by atoms with E-state index >= 15 is 0 Å². The molecule has 1 unspecified atom stereocenters. The predicted octanol–water partition coefficient (Wildman–Crippen LogP) is 24.5. The standard InChI is InChI=1S/C74H136O6/c1-4-7-10-13-16-19-22-24-26-28-30-32-34-36-37-39-40-42-44-46-48-50-52-55-58-61-64-67-73(76)79-70-71(69-78-72(75)66-63-60-57-54-21-18-15-12-9-6-3)80-74(77)68-65-62-59-56-53-51-49-47-45-43-41-38-35-33-31-29-27-25-23-20-17-14-11-8-5-2/h12,15,23,25,28-31,71H,4-11,13-14,16-22,24,26-27,32-70H2,1-3H3/b15-12-,25-23-,30-28-,31-29-. The maximum Gasteiger partial charge on any atom is 0.306 e. The molecule has 0 aliphatic rings. The molecule has 6 heteroatoms. The summed E-state index contributed by atoms with van der Waals surface area (Å²) in [4.78, 5) is 38.3. The van der Waals surface area contributed by atoms with E-state index in [-0.39, 0.29) is 31.1 Å². The molecule has 0 aromatic rings. The fourth-order valence-electron chi connectivity index (χ4n) is 10.7. The zero-order chi connectivity index (χ0) is 57.8. The number of hydrogen-bond donors (Lipinski definition) is 0. The number of hydrogen-bond acceptors (Lipinski definition) is 6. The molecule has 0 heterocycles. The Morgan fingerprint density at radius 1 is 0.250 bits per heavy atom. The first-order chi connectivity index (χ1) is 39.5. The normalized spacial score (nSPS) is 12.3. The zero-order valence-electron chi connectivity index (χ0n) is 53.9. The molecule has 0 aliphatic heterocycles. The summed E-state index contributed by atoms with van der Waals surface area (Å²) in [7, 11) is 0. The maximum absolute atomic E-state index is 12.9. The van der Waals surface area contributed by atoms with E-state index in [1.807, 2.05) is 0 Å². The molecule has 0 saturated carbocycles. The maximum atomic E-state index is 12.9. The summed E-state index contributed by atoms with van der Waals surface area (Å²) in [6, 6.07) is 0. The van der Waals surface area contributed by atoms with Gasteiger partial charge in [0, 0.05) is 19.3 Å². The third kappa shape index (κ3) is 66.2. The molecule has 0 aromatic carbocycles. The second kappa shape index (κ2) is 68.9. The summed E-state index contributed by atoms with van der Waals surface area (Å²) in [5.74, 6) is -0.861. The summed E-state index contributed by atoms with van der Waals surface area (Å²) in [5.41, 5.74) is 0. The van der Waals surface area contributed by atoms with E-state index in [1.165, 1.54) is 270 Å². The molecule has 0 aromatic heterocycles. The highest BCUT2D eigenvalue weighted by molar-refractivity contribution is 5.71. The Bertz CT molecular complexity index is 1380. The Balaban J connectivity index is 4.14. The molecule has 0 saturated heterocycles. The van der Waals surface area contributed by atoms with Crippen molar-refractivity contribution in [3.05, 3.63) is 48.6 Å². The summed E-state index contributed by atoms with van der Waals surface area (Å²) < 4.78 is 16.9. The van der Waals surface area contributed by atoms with E-state index in [0.717, 1.165) is 77.0 Å². The topological polar surface area (TPSA) is 78.9 Å². The molecule has 0 rings (SSSR count). The van der Waals surface area contributed by atoms with E-state index in [4.69, 9.17) is 14.2 Å². The summed E-state index contributed by atoms with van der Waals surface area (Å²) in [5, 5.41) is 0. The smallest absolute Gasteiger partial charge is 0.306 e. The molecule has 0 radical (unpaired) electrons. The molecule has 0 amide bonds. The first-order valence-electron chi connectivity index (χ1n) is 35.6. The third-order valence-electron chi connectivity index (χ3n) is 16.0. The Morgan fingerprint density at radius 2 is 0.475 bits per heavy atom. The summed E-state index contributed by atoms with van der Waals surface area (Å²) in [6.07, 6.45) is 87.3. The van der Waals surface area contributed by atoms with Gasteiger partial charge in [0.25, 0.3) is 0 Å². The second-order valence-corrected chi connectivity index (χ2v) is 24.1. The fourth-order valence-corrected chi connectivity index (χ4v) is 10.7. The van der Waals surface area contributed by atoms with Crippen molar-refractivity contribution in [2.45, 2.75) is 393 Å². The molecule has 6 nitrogen and oxygen atoms in total. The van der Waals surface area contributed by atoms with E-state index in [1.54, 1.807) is 0 Å². The van der Waals surface area contributed by atoms with Gasteiger partial charge in [0.1, 0.15) is 13.2 Å². The lowest BCUT2D eigenvalue weighted by atomic mass is 10.0. The van der Waals surface area contributed by atoms with Crippen LogP contribution < -0.4 is 0 Å². The highest BCUT2D eigenvalue weighted by Gasteiger charge is 2.19. The molecule has 0 N–H and O–H groups in total. The number of unbranched alkanes of at least 4 members (excludes halogenated alkanes) is 47. The molecule has 1 atom stereocenters. The van der Waals surface area contributed by atoms with E-state index in [2.05, 4.69) is 69.4 Å². The van der Waals surface area contributed by atoms with Crippen LogP contribution in [0.1, 0.15) is 387 Å². The number of rotatable bonds is 66. The van der Waals surface area contributed by atoms with Crippen LogP contribution in [0.15, 0.2) is 48.6 Å². The third-order valence-corrected chi connectivity index (χ3v) is 16.0. The average Bonchev–Trinajstić information content (AvgIpc) is 3.46. The van der Waals surface area contributed by atoms with Crippen molar-refractivity contribution < 1.29 is 28.6 Å². The van der Waals surface area contributed by atoms with Crippen LogP contribution in [-0.2, 0) is 28.6 Å². The molecular weight excluding hydrogens is 985 g/mol. The minimum absolute atomic E-state index is 0.0723. The van der Waals surface area contributed by atoms with Crippen molar-refractivity contribution in [3.8, 4) is 0 Å². The van der Waals surface area contributed by atoms with Gasteiger partial charge < -0.3 is 14.2 Å². The van der Waals surface area contributed by atoms with E-state index < -0.39 is 6.10 Å². The van der Waals surface area contributed by atoms with Gasteiger partial charge in [0.05, 0.1) is 0 Å². The zero-order valence-corrected chi connectivity index (χ0v) is 53.9. The van der Waals surface area contributed by atoms with Crippen LogP contribution in [0.5, 0.6) is 0 Å². The van der Waals surface area contributed by atoms with Crippen LogP contribution in [0.25, 0.3) is 0 Å². The predicted molar refractivity (Wildman–Crippen MR) is 349 cm³/mol. The highest BCUT2D eigenvalue weighted by Crippen LogP contribution is 2.18. The molecule has 0 bridgehead atoms. The van der Waals surface area contributed by atoms with Gasteiger partial charge in [-0.15, -0.1) is 0 Å². The first-order valence-corrected chi connectivity index (χ1v) is 35.6. The number of esters is 3. The van der Waals surface area contributed by atoms with Gasteiger partial charge in [-0.1, -0.05) is 320 Å². The molecule has 0 aliphatic carbocycles. The minimum atomic E-state index is -0.776. The number of allylic oxidation sites excluding steroid dienone is 8. The van der Waals surface area contributed by atoms with Crippen LogP contribution in [-0.4, -0.2) is 37.2 Å². The van der Waals surface area contributed by atoms with Crippen molar-refractivity contribution in [2.24, 2.45) is 0 Å². The van der Waals surface area contributed by atoms with Crippen molar-refractivity contribution in [2.75, 3.05) is 13.2 Å². The lowest BCUT2D eigenvalue weighted by Gasteiger charge is -2.18. The van der Waals surface area contributed by atoms with Gasteiger partial charge >= 0.3 is 17.9 Å².